The molecule has 148 valence electrons. The lowest BCUT2D eigenvalue weighted by atomic mass is 9.87. The first-order chi connectivity index (χ1) is 13.3. The topological polar surface area (TPSA) is 105 Å². The maximum atomic E-state index is 12.7. The summed E-state index contributed by atoms with van der Waals surface area (Å²) in [6.07, 6.45) is 2.98. The maximum absolute atomic E-state index is 12.7. The molecule has 2 fully saturated rings. The number of hydrogen-bond acceptors (Lipinski definition) is 6. The monoisotopic (exact) mass is 403 g/mol. The Bertz CT molecular complexity index is 1030. The first-order valence-corrected chi connectivity index (χ1v) is 10.0. The molecule has 10 heteroatoms. The highest BCUT2D eigenvalue weighted by Gasteiger charge is 2.51. The Morgan fingerprint density at radius 3 is 2.61 bits per heavy atom. The fourth-order valence-electron chi connectivity index (χ4n) is 3.77. The van der Waals surface area contributed by atoms with Crippen molar-refractivity contribution in [2.75, 3.05) is 20.1 Å². The first-order valence-electron chi connectivity index (χ1n) is 9.20. The van der Waals surface area contributed by atoms with Crippen molar-refractivity contribution in [3.05, 3.63) is 27.6 Å². The van der Waals surface area contributed by atoms with E-state index >= 15 is 0 Å². The second-order valence-corrected chi connectivity index (χ2v) is 8.34. The second-order valence-electron chi connectivity index (χ2n) is 7.22. The lowest BCUT2D eigenvalue weighted by molar-refractivity contribution is -0.138. The summed E-state index contributed by atoms with van der Waals surface area (Å²) in [5.74, 6) is -0.450. The average molecular weight is 403 g/mol. The summed E-state index contributed by atoms with van der Waals surface area (Å²) < 4.78 is 1.33. The van der Waals surface area contributed by atoms with Gasteiger partial charge in [0, 0.05) is 25.0 Å². The van der Waals surface area contributed by atoms with E-state index in [1.165, 1.54) is 29.3 Å². The van der Waals surface area contributed by atoms with Gasteiger partial charge in [-0.2, -0.15) is 0 Å². The van der Waals surface area contributed by atoms with Crippen LogP contribution in [0.2, 0.25) is 0 Å². The normalized spacial score (nSPS) is 18.9. The van der Waals surface area contributed by atoms with Crippen LogP contribution in [0.1, 0.15) is 24.6 Å². The molecule has 2 aromatic rings. The number of carbonyl (C=O) groups is 3. The molecule has 1 N–H and O–H groups in total. The van der Waals surface area contributed by atoms with E-state index < -0.39 is 11.6 Å². The van der Waals surface area contributed by atoms with Gasteiger partial charge in [-0.3, -0.25) is 23.9 Å². The van der Waals surface area contributed by atoms with E-state index in [2.05, 4.69) is 10.3 Å². The highest BCUT2D eigenvalue weighted by Crippen LogP contribution is 2.29. The number of likely N-dealkylation sites (N-methyl/N-ethyl adjacent to an activating group) is 1. The molecule has 2 aliphatic rings. The lowest BCUT2D eigenvalue weighted by Crippen LogP contribution is -2.56. The van der Waals surface area contributed by atoms with Gasteiger partial charge < -0.3 is 10.2 Å². The number of imide groups is 1. The maximum Gasteiger partial charge on any atom is 0.324 e. The molecule has 2 saturated heterocycles. The number of fused-ring (bicyclic) bond motifs is 1. The van der Waals surface area contributed by atoms with Crippen molar-refractivity contribution in [1.82, 2.24) is 24.7 Å². The molecule has 0 aliphatic carbocycles. The number of nitrogens with zero attached hydrogens (tertiary/aromatic N) is 4. The molecule has 2 aliphatic heterocycles. The van der Waals surface area contributed by atoms with Gasteiger partial charge in [0.15, 0.2) is 0 Å². The molecule has 0 saturated carbocycles. The number of likely N-dealkylation sites (tertiary alicyclic amines) is 1. The molecule has 28 heavy (non-hydrogen) atoms. The molecule has 4 heterocycles. The smallest absolute Gasteiger partial charge is 0.324 e. The van der Waals surface area contributed by atoms with Gasteiger partial charge in [-0.1, -0.05) is 6.92 Å². The van der Waals surface area contributed by atoms with Crippen molar-refractivity contribution in [3.63, 3.8) is 0 Å². The van der Waals surface area contributed by atoms with Gasteiger partial charge in [0.05, 0.1) is 11.7 Å². The molecule has 9 nitrogen and oxygen atoms in total. The van der Waals surface area contributed by atoms with Gasteiger partial charge in [0.1, 0.15) is 16.9 Å². The molecular formula is C18H21N5O4S. The third-order valence-electron chi connectivity index (χ3n) is 5.56. The molecule has 0 radical (unpaired) electrons. The number of thiophene rings is 1. The largest absolute Gasteiger partial charge is 0.341 e. The van der Waals surface area contributed by atoms with E-state index in [1.54, 1.807) is 4.90 Å². The minimum atomic E-state index is -0.910. The summed E-state index contributed by atoms with van der Waals surface area (Å²) in [5, 5.41) is 3.29. The number of carbonyl (C=O) groups excluding carboxylic acids is 3. The van der Waals surface area contributed by atoms with Crippen LogP contribution < -0.4 is 10.9 Å². The third kappa shape index (κ3) is 2.88. The summed E-state index contributed by atoms with van der Waals surface area (Å²) in [5.41, 5.74) is -1.13. The Kier molecular flexibility index (Phi) is 4.45. The van der Waals surface area contributed by atoms with Crippen LogP contribution in [0.3, 0.4) is 0 Å². The molecule has 0 atom stereocenters. The molecule has 2 aromatic heterocycles. The summed E-state index contributed by atoms with van der Waals surface area (Å²) in [4.78, 5) is 58.2. The van der Waals surface area contributed by atoms with Gasteiger partial charge >= 0.3 is 6.03 Å². The van der Waals surface area contributed by atoms with Gasteiger partial charge in [0.25, 0.3) is 11.5 Å². The van der Waals surface area contributed by atoms with Crippen LogP contribution in [0.5, 0.6) is 0 Å². The van der Waals surface area contributed by atoms with Crippen molar-refractivity contribution in [2.24, 2.45) is 0 Å². The molecule has 4 amide bonds. The Morgan fingerprint density at radius 1 is 1.29 bits per heavy atom. The lowest BCUT2D eigenvalue weighted by Gasteiger charge is -2.37. The quantitative estimate of drug-likeness (QED) is 0.754. The van der Waals surface area contributed by atoms with E-state index in [-0.39, 0.29) is 23.9 Å². The number of aryl methyl sites for hydroxylation is 1. The van der Waals surface area contributed by atoms with E-state index in [1.807, 2.05) is 13.0 Å². The second kappa shape index (κ2) is 6.69. The zero-order valence-electron chi connectivity index (χ0n) is 15.7. The summed E-state index contributed by atoms with van der Waals surface area (Å²) in [7, 11) is 1.45. The summed E-state index contributed by atoms with van der Waals surface area (Å²) in [6.45, 7) is 2.63. The third-order valence-corrected chi connectivity index (χ3v) is 6.75. The van der Waals surface area contributed by atoms with Crippen LogP contribution in [-0.2, 0) is 22.6 Å². The van der Waals surface area contributed by atoms with Crippen LogP contribution in [0.25, 0.3) is 10.2 Å². The zero-order chi connectivity index (χ0) is 20.1. The van der Waals surface area contributed by atoms with E-state index in [9.17, 15) is 19.2 Å². The minimum absolute atomic E-state index is 0.0910. The summed E-state index contributed by atoms with van der Waals surface area (Å²) in [6, 6.07) is 1.43. The van der Waals surface area contributed by atoms with Crippen LogP contribution in [0, 0.1) is 0 Å². The minimum Gasteiger partial charge on any atom is -0.341 e. The fourth-order valence-corrected chi connectivity index (χ4v) is 4.70. The Hall–Kier alpha value is -2.75. The van der Waals surface area contributed by atoms with Crippen molar-refractivity contribution in [3.8, 4) is 0 Å². The highest BCUT2D eigenvalue weighted by molar-refractivity contribution is 7.18. The number of hydrogen-bond donors (Lipinski definition) is 1. The standard InChI is InChI=1S/C18H21N5O4S/c1-3-11-8-12-14(28-11)19-10-23(15(12)25)9-13(24)22-6-4-18(5-7-22)16(26)21(2)17(27)20-18/h8,10H,3-7,9H2,1-2H3,(H,20,27). The van der Waals surface area contributed by atoms with Crippen LogP contribution >= 0.6 is 11.3 Å². The van der Waals surface area contributed by atoms with Gasteiger partial charge in [-0.05, 0) is 25.3 Å². The predicted octanol–water partition coefficient (Wildman–Crippen LogP) is 0.563. The Balaban J connectivity index is 1.46. The van der Waals surface area contributed by atoms with E-state index in [4.69, 9.17) is 0 Å². The Morgan fingerprint density at radius 2 is 2.00 bits per heavy atom. The van der Waals surface area contributed by atoms with Crippen LogP contribution in [0.15, 0.2) is 17.2 Å². The van der Waals surface area contributed by atoms with Gasteiger partial charge in [0.2, 0.25) is 5.91 Å². The number of rotatable bonds is 3. The number of nitrogens with one attached hydrogen (secondary N) is 1. The highest BCUT2D eigenvalue weighted by atomic mass is 32.1. The number of amides is 4. The number of aromatic nitrogens is 2. The van der Waals surface area contributed by atoms with Crippen LogP contribution in [-0.4, -0.2) is 62.9 Å². The first kappa shape index (κ1) is 18.6. The molecule has 4 rings (SSSR count). The van der Waals surface area contributed by atoms with Gasteiger partial charge in [-0.25, -0.2) is 9.78 Å². The van der Waals surface area contributed by atoms with E-state index in [0.29, 0.717) is 36.1 Å². The molecule has 0 aromatic carbocycles. The SMILES string of the molecule is CCc1cc2c(=O)n(CC(=O)N3CCC4(CC3)NC(=O)N(C)C4=O)cnc2s1. The van der Waals surface area contributed by atoms with Gasteiger partial charge in [-0.15, -0.1) is 11.3 Å². The van der Waals surface area contributed by atoms with Crippen molar-refractivity contribution in [1.29, 1.82) is 0 Å². The molecule has 0 bridgehead atoms. The zero-order valence-corrected chi connectivity index (χ0v) is 16.5. The molecule has 1 spiro atoms. The Labute approximate surface area is 164 Å². The number of urea groups is 1. The van der Waals surface area contributed by atoms with Crippen molar-refractivity contribution >= 4 is 39.4 Å². The average Bonchev–Trinajstić information content (AvgIpc) is 3.21. The van der Waals surface area contributed by atoms with Crippen molar-refractivity contribution in [2.45, 2.75) is 38.3 Å². The van der Waals surface area contributed by atoms with E-state index in [0.717, 1.165) is 16.2 Å². The molecule has 0 unspecified atom stereocenters. The summed E-state index contributed by atoms with van der Waals surface area (Å²) >= 11 is 1.49. The molecular weight excluding hydrogens is 382 g/mol. The fraction of sp³-hybridized carbons (Fsp3) is 0.500. The predicted molar refractivity (Wildman–Crippen MR) is 103 cm³/mol. The van der Waals surface area contributed by atoms with Crippen LogP contribution in [0.4, 0.5) is 4.79 Å². The van der Waals surface area contributed by atoms with Crippen molar-refractivity contribution < 1.29 is 14.4 Å². The number of piperidine rings is 1.